The molecule has 0 aliphatic carbocycles. The lowest BCUT2D eigenvalue weighted by Crippen LogP contribution is -2.40. The number of aromatic nitrogens is 2. The van der Waals surface area contributed by atoms with Crippen molar-refractivity contribution in [2.24, 2.45) is 0 Å². The van der Waals surface area contributed by atoms with E-state index in [-0.39, 0.29) is 30.4 Å². The van der Waals surface area contributed by atoms with Crippen molar-refractivity contribution in [1.82, 2.24) is 14.9 Å². The molecule has 1 aliphatic heterocycles. The maximum Gasteiger partial charge on any atom is 0.275 e. The van der Waals surface area contributed by atoms with Gasteiger partial charge in [0.15, 0.2) is 6.29 Å². The third-order valence-corrected chi connectivity index (χ3v) is 9.85. The Morgan fingerprint density at radius 2 is 1.37 bits per heavy atom. The van der Waals surface area contributed by atoms with E-state index in [0.29, 0.717) is 11.2 Å². The summed E-state index contributed by atoms with van der Waals surface area (Å²) in [6.07, 6.45) is 17.0. The molecule has 51 heavy (non-hydrogen) atoms. The van der Waals surface area contributed by atoms with Crippen LogP contribution in [-0.4, -0.2) is 51.6 Å². The molecule has 0 saturated carbocycles. The Bertz CT molecular complexity index is 1580. The number of para-hydroxylation sites is 2. The second-order valence-electron chi connectivity index (χ2n) is 14.0. The van der Waals surface area contributed by atoms with Crippen molar-refractivity contribution in [3.05, 3.63) is 101 Å². The number of carbonyl (C=O) groups excluding carboxylic acids is 1. The number of anilines is 1. The lowest BCUT2D eigenvalue weighted by Gasteiger charge is -2.38. The Labute approximate surface area is 305 Å². The predicted octanol–water partition coefficient (Wildman–Crippen LogP) is 9.94. The van der Waals surface area contributed by atoms with Gasteiger partial charge in [0, 0.05) is 24.2 Å². The summed E-state index contributed by atoms with van der Waals surface area (Å²) >= 11 is 0. The third-order valence-electron chi connectivity index (χ3n) is 9.85. The average molecular weight is 695 g/mol. The molecule has 5 rings (SSSR count). The van der Waals surface area contributed by atoms with Crippen molar-refractivity contribution >= 4 is 22.6 Å². The molecule has 1 fully saturated rings. The summed E-state index contributed by atoms with van der Waals surface area (Å²) in [5, 5.41) is 12.6. The van der Waals surface area contributed by atoms with Crippen LogP contribution in [0.3, 0.4) is 0 Å². The largest absolute Gasteiger partial charge is 0.392 e. The van der Waals surface area contributed by atoms with Crippen molar-refractivity contribution in [1.29, 1.82) is 0 Å². The van der Waals surface area contributed by atoms with Gasteiger partial charge in [-0.25, -0.2) is 4.98 Å². The minimum Gasteiger partial charge on any atom is -0.392 e. The van der Waals surface area contributed by atoms with Gasteiger partial charge in [0.05, 0.1) is 36.0 Å². The van der Waals surface area contributed by atoms with Gasteiger partial charge in [-0.2, -0.15) is 0 Å². The van der Waals surface area contributed by atoms with Crippen molar-refractivity contribution in [3.8, 4) is 0 Å². The van der Waals surface area contributed by atoms with Crippen LogP contribution in [0.25, 0.3) is 11.0 Å². The normalized spacial score (nSPS) is 17.6. The van der Waals surface area contributed by atoms with Crippen LogP contribution in [0.2, 0.25) is 0 Å². The van der Waals surface area contributed by atoms with Gasteiger partial charge in [0.25, 0.3) is 5.91 Å². The minimum atomic E-state index is -0.549. The van der Waals surface area contributed by atoms with Crippen LogP contribution in [0.4, 0.5) is 5.69 Å². The van der Waals surface area contributed by atoms with E-state index in [4.69, 9.17) is 9.47 Å². The molecule has 0 spiro atoms. The fourth-order valence-corrected chi connectivity index (χ4v) is 6.83. The van der Waals surface area contributed by atoms with E-state index in [1.807, 2.05) is 60.7 Å². The number of amides is 1. The van der Waals surface area contributed by atoms with E-state index in [1.54, 1.807) is 0 Å². The quantitative estimate of drug-likeness (QED) is 0.0838. The SMILES string of the molecule is CCCCCCCCN(CCCCCCCC)CC1CC(c2ccc(CO)cc2)OC(c2ccc(NC(=O)c3cnc4ccccc4n3)cc2)O1. The molecular weight excluding hydrogens is 636 g/mol. The molecule has 8 nitrogen and oxygen atoms in total. The monoisotopic (exact) mass is 694 g/mol. The number of hydrogen-bond acceptors (Lipinski definition) is 7. The molecule has 3 aromatic carbocycles. The predicted molar refractivity (Wildman–Crippen MR) is 206 cm³/mol. The fraction of sp³-hybridized carbons (Fsp3) is 0.512. The van der Waals surface area contributed by atoms with Crippen molar-refractivity contribution in [2.75, 3.05) is 25.0 Å². The summed E-state index contributed by atoms with van der Waals surface area (Å²) in [6.45, 7) is 7.62. The van der Waals surface area contributed by atoms with Crippen LogP contribution >= 0.6 is 0 Å². The summed E-state index contributed by atoms with van der Waals surface area (Å²) in [5.41, 5.74) is 5.23. The van der Waals surface area contributed by atoms with Gasteiger partial charge in [0.1, 0.15) is 5.69 Å². The first-order valence-corrected chi connectivity index (χ1v) is 19.4. The highest BCUT2D eigenvalue weighted by Gasteiger charge is 2.33. The highest BCUT2D eigenvalue weighted by Crippen LogP contribution is 2.38. The number of nitrogens with zero attached hydrogens (tertiary/aromatic N) is 3. The zero-order valence-electron chi connectivity index (χ0n) is 30.8. The first kappa shape index (κ1) is 38.5. The molecule has 1 aliphatic rings. The molecule has 2 heterocycles. The van der Waals surface area contributed by atoms with Crippen LogP contribution in [-0.2, 0) is 16.1 Å². The van der Waals surface area contributed by atoms with E-state index in [0.717, 1.165) is 48.3 Å². The Kier molecular flexibility index (Phi) is 15.9. The number of aliphatic hydroxyl groups is 1. The molecular formula is C43H58N4O4. The highest BCUT2D eigenvalue weighted by molar-refractivity contribution is 6.03. The smallest absolute Gasteiger partial charge is 0.275 e. The van der Waals surface area contributed by atoms with E-state index < -0.39 is 6.29 Å². The van der Waals surface area contributed by atoms with Gasteiger partial charge in [-0.05, 0) is 61.3 Å². The third kappa shape index (κ3) is 12.2. The zero-order chi connectivity index (χ0) is 35.7. The molecule has 1 aromatic heterocycles. The van der Waals surface area contributed by atoms with E-state index in [9.17, 15) is 9.90 Å². The van der Waals surface area contributed by atoms with Crippen molar-refractivity contribution in [2.45, 2.75) is 122 Å². The van der Waals surface area contributed by atoms with Gasteiger partial charge in [0.2, 0.25) is 0 Å². The van der Waals surface area contributed by atoms with Gasteiger partial charge in [-0.1, -0.05) is 127 Å². The Morgan fingerprint density at radius 3 is 2.02 bits per heavy atom. The number of aliphatic hydroxyl groups excluding tert-OH is 1. The molecule has 8 heteroatoms. The van der Waals surface area contributed by atoms with Crippen molar-refractivity contribution < 1.29 is 19.4 Å². The number of benzene rings is 3. The number of carbonyl (C=O) groups is 1. The van der Waals surface area contributed by atoms with Gasteiger partial charge in [-0.3, -0.25) is 9.78 Å². The number of ether oxygens (including phenoxy) is 2. The van der Waals surface area contributed by atoms with Crippen LogP contribution in [0, 0.1) is 0 Å². The maximum absolute atomic E-state index is 13.0. The highest BCUT2D eigenvalue weighted by atomic mass is 16.7. The number of fused-ring (bicyclic) bond motifs is 1. The lowest BCUT2D eigenvalue weighted by atomic mass is 9.99. The standard InChI is InChI=1S/C43H58N4O4/c1-3-5-7-9-11-15-27-47(28-16-12-10-8-6-4-2)31-37-29-41(34-21-19-33(32-48)20-22-34)51-43(50-37)35-23-25-36(26-24-35)45-42(49)40-30-44-38-17-13-14-18-39(38)46-40/h13-14,17-26,30,37,41,43,48H,3-12,15-16,27-29,31-32H2,1-2H3,(H,45,49). The Hall–Kier alpha value is -3.69. The number of hydrogen-bond donors (Lipinski definition) is 2. The summed E-state index contributed by atoms with van der Waals surface area (Å²) < 4.78 is 13.4. The summed E-state index contributed by atoms with van der Waals surface area (Å²) in [5.74, 6) is -0.312. The Morgan fingerprint density at radius 1 is 0.765 bits per heavy atom. The minimum absolute atomic E-state index is 0.00249. The fourth-order valence-electron chi connectivity index (χ4n) is 6.83. The van der Waals surface area contributed by atoms with Gasteiger partial charge < -0.3 is 24.8 Å². The molecule has 1 saturated heterocycles. The van der Waals surface area contributed by atoms with E-state index >= 15 is 0 Å². The van der Waals surface area contributed by atoms with E-state index in [2.05, 4.69) is 46.2 Å². The second kappa shape index (κ2) is 21.0. The van der Waals surface area contributed by atoms with Crippen LogP contribution in [0.1, 0.15) is 137 Å². The molecule has 2 N–H and O–H groups in total. The molecule has 0 radical (unpaired) electrons. The van der Waals surface area contributed by atoms with Crippen LogP contribution < -0.4 is 5.32 Å². The second-order valence-corrected chi connectivity index (χ2v) is 14.0. The van der Waals surface area contributed by atoms with Crippen molar-refractivity contribution in [3.63, 3.8) is 0 Å². The van der Waals surface area contributed by atoms with Crippen LogP contribution in [0.5, 0.6) is 0 Å². The lowest BCUT2D eigenvalue weighted by molar-refractivity contribution is -0.253. The number of nitrogens with one attached hydrogen (secondary N) is 1. The number of unbranched alkanes of at least 4 members (excludes halogenated alkanes) is 10. The summed E-state index contributed by atoms with van der Waals surface area (Å²) in [7, 11) is 0. The van der Waals surface area contributed by atoms with Gasteiger partial charge in [-0.15, -0.1) is 0 Å². The summed E-state index contributed by atoms with van der Waals surface area (Å²) in [4.78, 5) is 24.5. The average Bonchev–Trinajstić information content (AvgIpc) is 3.17. The maximum atomic E-state index is 13.0. The molecule has 1 amide bonds. The first-order chi connectivity index (χ1) is 25.1. The molecule has 274 valence electrons. The topological polar surface area (TPSA) is 96.8 Å². The van der Waals surface area contributed by atoms with E-state index in [1.165, 1.54) is 83.2 Å². The zero-order valence-corrected chi connectivity index (χ0v) is 30.8. The first-order valence-electron chi connectivity index (χ1n) is 19.4. The Balaban J connectivity index is 1.26. The number of rotatable bonds is 21. The molecule has 4 aromatic rings. The molecule has 3 atom stereocenters. The van der Waals surface area contributed by atoms with Crippen LogP contribution in [0.15, 0.2) is 79.0 Å². The molecule has 0 bridgehead atoms. The van der Waals surface area contributed by atoms with Gasteiger partial charge >= 0.3 is 0 Å². The summed E-state index contributed by atoms with van der Waals surface area (Å²) in [6, 6.07) is 23.3. The molecule has 3 unspecified atom stereocenters.